The number of urea groups is 1. The Labute approximate surface area is 149 Å². The average molecular weight is 339 g/mol. The molecule has 0 bridgehead atoms. The van der Waals surface area contributed by atoms with E-state index in [-0.39, 0.29) is 6.03 Å². The lowest BCUT2D eigenvalue weighted by atomic mass is 9.94. The van der Waals surface area contributed by atoms with Gasteiger partial charge in [-0.1, -0.05) is 30.3 Å². The quantitative estimate of drug-likeness (QED) is 0.877. The first kappa shape index (κ1) is 17.3. The van der Waals surface area contributed by atoms with Crippen molar-refractivity contribution in [3.63, 3.8) is 0 Å². The van der Waals surface area contributed by atoms with Gasteiger partial charge in [0.15, 0.2) is 0 Å². The summed E-state index contributed by atoms with van der Waals surface area (Å²) in [6.07, 6.45) is 6.59. The second-order valence-electron chi connectivity index (χ2n) is 6.39. The number of nitrogens with one attached hydrogen (secondary N) is 1. The molecule has 0 radical (unpaired) electrons. The van der Waals surface area contributed by atoms with Crippen LogP contribution in [0.4, 0.5) is 4.79 Å². The van der Waals surface area contributed by atoms with Gasteiger partial charge in [-0.3, -0.25) is 4.98 Å². The molecule has 3 rings (SSSR count). The Kier molecular flexibility index (Phi) is 6.26. The molecule has 132 valence electrons. The highest BCUT2D eigenvalue weighted by atomic mass is 16.5. The number of piperidine rings is 1. The number of rotatable bonds is 6. The van der Waals surface area contributed by atoms with Crippen LogP contribution in [-0.4, -0.2) is 35.6 Å². The van der Waals surface area contributed by atoms with Crippen molar-refractivity contribution in [3.8, 4) is 5.75 Å². The van der Waals surface area contributed by atoms with Crippen LogP contribution in [0.2, 0.25) is 0 Å². The number of carbonyl (C=O) groups is 1. The summed E-state index contributed by atoms with van der Waals surface area (Å²) in [6, 6.07) is 13.8. The molecule has 0 saturated carbocycles. The van der Waals surface area contributed by atoms with Gasteiger partial charge in [0.1, 0.15) is 5.75 Å². The van der Waals surface area contributed by atoms with Gasteiger partial charge in [0.05, 0.1) is 6.61 Å². The molecule has 1 aliphatic rings. The molecule has 0 aliphatic carbocycles. The van der Waals surface area contributed by atoms with Crippen LogP contribution >= 0.6 is 0 Å². The van der Waals surface area contributed by atoms with Crippen molar-refractivity contribution >= 4 is 6.03 Å². The van der Waals surface area contributed by atoms with E-state index < -0.39 is 0 Å². The number of nitrogens with zero attached hydrogens (tertiary/aromatic N) is 2. The molecule has 2 heterocycles. The number of ether oxygens (including phenoxy) is 1. The van der Waals surface area contributed by atoms with Crippen molar-refractivity contribution in [2.45, 2.75) is 25.8 Å². The van der Waals surface area contributed by atoms with Crippen LogP contribution in [0, 0.1) is 5.92 Å². The molecule has 1 aliphatic heterocycles. The van der Waals surface area contributed by atoms with Crippen LogP contribution in [0.15, 0.2) is 54.9 Å². The third-order valence-electron chi connectivity index (χ3n) is 4.63. The summed E-state index contributed by atoms with van der Waals surface area (Å²) in [7, 11) is 0. The Morgan fingerprint density at radius 3 is 2.56 bits per heavy atom. The fourth-order valence-electron chi connectivity index (χ4n) is 3.09. The lowest BCUT2D eigenvalue weighted by Crippen LogP contribution is -2.44. The largest absolute Gasteiger partial charge is 0.493 e. The van der Waals surface area contributed by atoms with Gasteiger partial charge < -0.3 is 15.0 Å². The van der Waals surface area contributed by atoms with Gasteiger partial charge in [-0.05, 0) is 42.9 Å². The monoisotopic (exact) mass is 339 g/mol. The molecule has 1 fully saturated rings. The molecule has 25 heavy (non-hydrogen) atoms. The van der Waals surface area contributed by atoms with Gasteiger partial charge >= 0.3 is 6.03 Å². The third-order valence-corrected chi connectivity index (χ3v) is 4.63. The normalized spacial score (nSPS) is 15.0. The van der Waals surface area contributed by atoms with E-state index in [1.54, 1.807) is 12.4 Å². The third kappa shape index (κ3) is 5.48. The Balaban J connectivity index is 1.33. The van der Waals surface area contributed by atoms with E-state index in [4.69, 9.17) is 4.74 Å². The highest BCUT2D eigenvalue weighted by Crippen LogP contribution is 2.21. The molecule has 1 aromatic carbocycles. The minimum atomic E-state index is 0.0374. The summed E-state index contributed by atoms with van der Waals surface area (Å²) < 4.78 is 5.74. The minimum Gasteiger partial charge on any atom is -0.493 e. The van der Waals surface area contributed by atoms with Crippen LogP contribution in [0.5, 0.6) is 5.75 Å². The summed E-state index contributed by atoms with van der Waals surface area (Å²) in [5, 5.41) is 3.00. The maximum Gasteiger partial charge on any atom is 0.317 e. The van der Waals surface area contributed by atoms with Crippen molar-refractivity contribution in [2.24, 2.45) is 5.92 Å². The van der Waals surface area contributed by atoms with E-state index in [9.17, 15) is 4.79 Å². The topological polar surface area (TPSA) is 54.5 Å². The van der Waals surface area contributed by atoms with Gasteiger partial charge in [0.2, 0.25) is 0 Å². The zero-order valence-electron chi connectivity index (χ0n) is 14.4. The van der Waals surface area contributed by atoms with E-state index in [0.29, 0.717) is 12.5 Å². The Bertz CT molecular complexity index is 641. The first-order chi connectivity index (χ1) is 12.3. The molecule has 0 spiro atoms. The minimum absolute atomic E-state index is 0.0374. The van der Waals surface area contributed by atoms with Gasteiger partial charge in [-0.2, -0.15) is 0 Å². The second-order valence-corrected chi connectivity index (χ2v) is 6.39. The number of pyridine rings is 1. The molecular formula is C20H25N3O2. The Morgan fingerprint density at radius 2 is 1.84 bits per heavy atom. The van der Waals surface area contributed by atoms with Crippen LogP contribution in [0.1, 0.15) is 24.8 Å². The second kappa shape index (κ2) is 9.06. The average Bonchev–Trinajstić information content (AvgIpc) is 2.68. The molecule has 1 aromatic heterocycles. The molecule has 5 nitrogen and oxygen atoms in total. The number of benzene rings is 1. The molecule has 0 unspecified atom stereocenters. The van der Waals surface area contributed by atoms with E-state index in [0.717, 1.165) is 50.3 Å². The lowest BCUT2D eigenvalue weighted by molar-refractivity contribution is 0.160. The number of aromatic nitrogens is 1. The summed E-state index contributed by atoms with van der Waals surface area (Å²) in [5.74, 6) is 1.49. The van der Waals surface area contributed by atoms with E-state index in [1.807, 2.05) is 47.4 Å². The smallest absolute Gasteiger partial charge is 0.317 e. The van der Waals surface area contributed by atoms with Crippen molar-refractivity contribution in [1.29, 1.82) is 0 Å². The van der Waals surface area contributed by atoms with Crippen LogP contribution in [-0.2, 0) is 6.54 Å². The highest BCUT2D eigenvalue weighted by molar-refractivity contribution is 5.74. The first-order valence-corrected chi connectivity index (χ1v) is 8.91. The van der Waals surface area contributed by atoms with Gasteiger partial charge in [-0.15, -0.1) is 0 Å². The van der Waals surface area contributed by atoms with Crippen LogP contribution < -0.4 is 10.1 Å². The number of hydrogen-bond acceptors (Lipinski definition) is 3. The Hall–Kier alpha value is -2.56. The van der Waals surface area contributed by atoms with Gasteiger partial charge in [0.25, 0.3) is 0 Å². The van der Waals surface area contributed by atoms with E-state index >= 15 is 0 Å². The summed E-state index contributed by atoms with van der Waals surface area (Å²) in [6.45, 7) is 2.94. The first-order valence-electron chi connectivity index (χ1n) is 8.91. The highest BCUT2D eigenvalue weighted by Gasteiger charge is 2.22. The molecule has 5 heteroatoms. The fraction of sp³-hybridized carbons (Fsp3) is 0.400. The maximum atomic E-state index is 12.3. The molecule has 2 aromatic rings. The zero-order valence-corrected chi connectivity index (χ0v) is 14.4. The standard InChI is InChI=1S/C20H25N3O2/c24-20(22-16-18-4-2-1-3-5-18)23-13-8-17(9-14-23)10-15-25-19-6-11-21-12-7-19/h1-7,11-12,17H,8-10,13-16H2,(H,22,24). The van der Waals surface area contributed by atoms with Crippen LogP contribution in [0.3, 0.4) is 0 Å². The number of carbonyl (C=O) groups excluding carboxylic acids is 1. The van der Waals surface area contributed by atoms with Crippen LogP contribution in [0.25, 0.3) is 0 Å². The molecule has 1 saturated heterocycles. The summed E-state index contributed by atoms with van der Waals surface area (Å²) in [4.78, 5) is 18.2. The van der Waals surface area contributed by atoms with E-state index in [1.165, 1.54) is 0 Å². The predicted molar refractivity (Wildman–Crippen MR) is 97.3 cm³/mol. The summed E-state index contributed by atoms with van der Waals surface area (Å²) >= 11 is 0. The zero-order chi connectivity index (χ0) is 17.3. The van der Waals surface area contributed by atoms with Gasteiger partial charge in [0, 0.05) is 32.0 Å². The lowest BCUT2D eigenvalue weighted by Gasteiger charge is -2.32. The predicted octanol–water partition coefficient (Wildman–Crippen LogP) is 3.47. The Morgan fingerprint density at radius 1 is 1.12 bits per heavy atom. The number of likely N-dealkylation sites (tertiary alicyclic amines) is 1. The van der Waals surface area contributed by atoms with E-state index in [2.05, 4.69) is 10.3 Å². The van der Waals surface area contributed by atoms with Gasteiger partial charge in [-0.25, -0.2) is 4.79 Å². The molecule has 1 N–H and O–H groups in total. The van der Waals surface area contributed by atoms with Crippen molar-refractivity contribution in [1.82, 2.24) is 15.2 Å². The molecule has 2 amide bonds. The SMILES string of the molecule is O=C(NCc1ccccc1)N1CCC(CCOc2ccncc2)CC1. The number of hydrogen-bond donors (Lipinski definition) is 1. The number of amides is 2. The van der Waals surface area contributed by atoms with Crippen molar-refractivity contribution < 1.29 is 9.53 Å². The van der Waals surface area contributed by atoms with Crippen molar-refractivity contribution in [2.75, 3.05) is 19.7 Å². The fourth-order valence-corrected chi connectivity index (χ4v) is 3.09. The van der Waals surface area contributed by atoms with Crippen molar-refractivity contribution in [3.05, 3.63) is 60.4 Å². The summed E-state index contributed by atoms with van der Waals surface area (Å²) in [5.41, 5.74) is 1.12. The molecular weight excluding hydrogens is 314 g/mol. The maximum absolute atomic E-state index is 12.3. The molecule has 0 atom stereocenters.